The van der Waals surface area contributed by atoms with Crippen molar-refractivity contribution < 1.29 is 5.11 Å². The molecule has 2 rings (SSSR count). The number of rotatable bonds is 6. The van der Waals surface area contributed by atoms with Gasteiger partial charge >= 0.3 is 0 Å². The fraction of sp³-hybridized carbons (Fsp3) is 0.917. The van der Waals surface area contributed by atoms with E-state index < -0.39 is 0 Å². The third kappa shape index (κ3) is 3.13. The van der Waals surface area contributed by atoms with E-state index in [1.54, 1.807) is 0 Å². The Morgan fingerprint density at radius 3 is 2.88 bits per heavy atom. The fourth-order valence-electron chi connectivity index (χ4n) is 2.34. The Morgan fingerprint density at radius 2 is 2.25 bits per heavy atom. The molecule has 0 aliphatic heterocycles. The van der Waals surface area contributed by atoms with Gasteiger partial charge in [0.2, 0.25) is 0 Å². The van der Waals surface area contributed by atoms with Crippen molar-refractivity contribution in [2.24, 2.45) is 0 Å². The third-order valence-corrected chi connectivity index (χ3v) is 4.80. The van der Waals surface area contributed by atoms with Gasteiger partial charge in [-0.25, -0.2) is 0 Å². The van der Waals surface area contributed by atoms with Crippen LogP contribution in [-0.4, -0.2) is 34.3 Å². The Kier molecular flexibility index (Phi) is 4.12. The standard InChI is InChI=1S/C12H20N2OS/c13-9-12(14-10-2-3-10)5-4-11(8-12)16-7-1-6-15/h10-11,14-15H,1-8H2. The van der Waals surface area contributed by atoms with Crippen LogP contribution >= 0.6 is 11.8 Å². The molecule has 2 atom stereocenters. The molecule has 16 heavy (non-hydrogen) atoms. The van der Waals surface area contributed by atoms with Crippen LogP contribution in [0.2, 0.25) is 0 Å². The first-order valence-corrected chi connectivity index (χ1v) is 7.24. The average molecular weight is 240 g/mol. The molecule has 0 aromatic heterocycles. The second-order valence-electron chi connectivity index (χ2n) is 4.93. The molecule has 0 saturated heterocycles. The lowest BCUT2D eigenvalue weighted by Crippen LogP contribution is -2.43. The van der Waals surface area contributed by atoms with E-state index in [2.05, 4.69) is 11.4 Å². The molecule has 0 amide bonds. The summed E-state index contributed by atoms with van der Waals surface area (Å²) in [5.74, 6) is 1.02. The third-order valence-electron chi connectivity index (χ3n) is 3.40. The maximum atomic E-state index is 9.32. The summed E-state index contributed by atoms with van der Waals surface area (Å²) < 4.78 is 0. The van der Waals surface area contributed by atoms with Crippen molar-refractivity contribution >= 4 is 11.8 Å². The van der Waals surface area contributed by atoms with Gasteiger partial charge < -0.3 is 5.11 Å². The SMILES string of the molecule is N#CC1(NC2CC2)CCC(SCCCO)C1. The van der Waals surface area contributed by atoms with E-state index in [0.717, 1.165) is 31.4 Å². The molecule has 2 aliphatic carbocycles. The van der Waals surface area contributed by atoms with Crippen LogP contribution in [0.4, 0.5) is 0 Å². The monoisotopic (exact) mass is 240 g/mol. The topological polar surface area (TPSA) is 56.0 Å². The molecule has 0 heterocycles. The minimum Gasteiger partial charge on any atom is -0.396 e. The Balaban J connectivity index is 1.77. The van der Waals surface area contributed by atoms with Crippen LogP contribution in [0.5, 0.6) is 0 Å². The zero-order valence-electron chi connectivity index (χ0n) is 9.61. The quantitative estimate of drug-likeness (QED) is 0.693. The largest absolute Gasteiger partial charge is 0.396 e. The van der Waals surface area contributed by atoms with Crippen LogP contribution < -0.4 is 5.32 Å². The predicted octanol–water partition coefficient (Wildman–Crippen LogP) is 1.67. The van der Waals surface area contributed by atoms with Gasteiger partial charge in [-0.3, -0.25) is 5.32 Å². The lowest BCUT2D eigenvalue weighted by atomic mass is 10.00. The molecule has 0 aromatic rings. The van der Waals surface area contributed by atoms with E-state index in [1.807, 2.05) is 11.8 Å². The Bertz CT molecular complexity index is 275. The summed E-state index contributed by atoms with van der Waals surface area (Å²) in [6.45, 7) is 0.281. The summed E-state index contributed by atoms with van der Waals surface area (Å²) in [5, 5.41) is 22.2. The molecule has 2 unspecified atom stereocenters. The Hall–Kier alpha value is -0.240. The van der Waals surface area contributed by atoms with Crippen molar-refractivity contribution in [1.29, 1.82) is 5.26 Å². The lowest BCUT2D eigenvalue weighted by molar-refractivity contribution is 0.296. The maximum Gasteiger partial charge on any atom is 0.108 e. The number of nitrogens with zero attached hydrogens (tertiary/aromatic N) is 1. The Labute approximate surface area is 102 Å². The van der Waals surface area contributed by atoms with E-state index in [0.29, 0.717) is 11.3 Å². The molecular formula is C12H20N2OS. The van der Waals surface area contributed by atoms with Gasteiger partial charge in [0.05, 0.1) is 6.07 Å². The van der Waals surface area contributed by atoms with Gasteiger partial charge in [0.1, 0.15) is 5.54 Å². The summed E-state index contributed by atoms with van der Waals surface area (Å²) in [5.41, 5.74) is -0.238. The zero-order valence-corrected chi connectivity index (χ0v) is 10.4. The first-order chi connectivity index (χ1) is 7.78. The molecular weight excluding hydrogens is 220 g/mol. The number of nitriles is 1. The maximum absolute atomic E-state index is 9.32. The van der Waals surface area contributed by atoms with Gasteiger partial charge in [-0.05, 0) is 44.3 Å². The van der Waals surface area contributed by atoms with Crippen LogP contribution in [0.1, 0.15) is 38.5 Å². The Morgan fingerprint density at radius 1 is 1.44 bits per heavy atom. The van der Waals surface area contributed by atoms with Gasteiger partial charge in [-0.1, -0.05) is 0 Å². The summed E-state index contributed by atoms with van der Waals surface area (Å²) in [6, 6.07) is 3.11. The van der Waals surface area contributed by atoms with E-state index in [1.165, 1.54) is 12.8 Å². The van der Waals surface area contributed by atoms with Crippen molar-refractivity contribution in [1.82, 2.24) is 5.32 Å². The van der Waals surface area contributed by atoms with Crippen molar-refractivity contribution in [3.05, 3.63) is 0 Å². The molecule has 90 valence electrons. The smallest absolute Gasteiger partial charge is 0.108 e. The number of thioether (sulfide) groups is 1. The molecule has 2 fully saturated rings. The molecule has 2 N–H and O–H groups in total. The summed E-state index contributed by atoms with van der Waals surface area (Å²) >= 11 is 1.92. The highest BCUT2D eigenvalue weighted by Gasteiger charge is 2.42. The van der Waals surface area contributed by atoms with Gasteiger partial charge in [0.15, 0.2) is 0 Å². The average Bonchev–Trinajstić information content (AvgIpc) is 3.00. The second kappa shape index (κ2) is 5.39. The fourth-order valence-corrected chi connectivity index (χ4v) is 3.66. The summed E-state index contributed by atoms with van der Waals surface area (Å²) in [6.07, 6.45) is 6.48. The van der Waals surface area contributed by atoms with Crippen molar-refractivity contribution in [3.63, 3.8) is 0 Å². The first-order valence-electron chi connectivity index (χ1n) is 6.19. The summed E-state index contributed by atoms with van der Waals surface area (Å²) in [7, 11) is 0. The number of aliphatic hydroxyl groups is 1. The van der Waals surface area contributed by atoms with Crippen LogP contribution in [0.15, 0.2) is 0 Å². The van der Waals surface area contributed by atoms with E-state index >= 15 is 0 Å². The molecule has 3 nitrogen and oxygen atoms in total. The molecule has 0 bridgehead atoms. The lowest BCUT2D eigenvalue weighted by Gasteiger charge is -2.22. The van der Waals surface area contributed by atoms with Crippen molar-refractivity contribution in [3.8, 4) is 6.07 Å². The molecule has 0 radical (unpaired) electrons. The van der Waals surface area contributed by atoms with Crippen LogP contribution in [0.25, 0.3) is 0 Å². The minimum atomic E-state index is -0.238. The number of hydrogen-bond donors (Lipinski definition) is 2. The molecule has 0 aromatic carbocycles. The van der Waals surface area contributed by atoms with Crippen molar-refractivity contribution in [2.75, 3.05) is 12.4 Å². The minimum absolute atomic E-state index is 0.238. The highest BCUT2D eigenvalue weighted by atomic mass is 32.2. The van der Waals surface area contributed by atoms with E-state index in [-0.39, 0.29) is 12.1 Å². The van der Waals surface area contributed by atoms with E-state index in [4.69, 9.17) is 5.11 Å². The molecule has 0 spiro atoms. The van der Waals surface area contributed by atoms with Gasteiger partial charge in [0, 0.05) is 17.9 Å². The molecule has 2 saturated carbocycles. The number of aliphatic hydroxyl groups excluding tert-OH is 1. The predicted molar refractivity (Wildman–Crippen MR) is 66.3 cm³/mol. The van der Waals surface area contributed by atoms with Gasteiger partial charge in [0.25, 0.3) is 0 Å². The van der Waals surface area contributed by atoms with Crippen LogP contribution in [0, 0.1) is 11.3 Å². The first kappa shape index (κ1) is 12.2. The van der Waals surface area contributed by atoms with Crippen molar-refractivity contribution in [2.45, 2.75) is 55.4 Å². The molecule has 4 heteroatoms. The number of nitrogens with one attached hydrogen (secondary N) is 1. The van der Waals surface area contributed by atoms with Gasteiger partial charge in [-0.15, -0.1) is 0 Å². The zero-order chi connectivity index (χ0) is 11.4. The van der Waals surface area contributed by atoms with E-state index in [9.17, 15) is 5.26 Å². The highest BCUT2D eigenvalue weighted by molar-refractivity contribution is 7.99. The number of hydrogen-bond acceptors (Lipinski definition) is 4. The molecule has 2 aliphatic rings. The normalized spacial score (nSPS) is 33.9. The van der Waals surface area contributed by atoms with Crippen LogP contribution in [-0.2, 0) is 0 Å². The second-order valence-corrected chi connectivity index (χ2v) is 6.33. The summed E-state index contributed by atoms with van der Waals surface area (Å²) in [4.78, 5) is 0. The highest BCUT2D eigenvalue weighted by Crippen LogP contribution is 2.39. The van der Waals surface area contributed by atoms with Crippen LogP contribution in [0.3, 0.4) is 0 Å². The van der Waals surface area contributed by atoms with Gasteiger partial charge in [-0.2, -0.15) is 17.0 Å².